The minimum atomic E-state index is 0.0644. The largest absolute Gasteiger partial charge is 0.504 e. The van der Waals surface area contributed by atoms with Crippen LogP contribution in [0.5, 0.6) is 17.2 Å². The lowest BCUT2D eigenvalue weighted by molar-refractivity contribution is 0.333. The highest BCUT2D eigenvalue weighted by Crippen LogP contribution is 2.37. The Morgan fingerprint density at radius 2 is 1.58 bits per heavy atom. The number of aromatic hydroxyl groups is 1. The van der Waals surface area contributed by atoms with Gasteiger partial charge in [0.05, 0.1) is 14.2 Å². The summed E-state index contributed by atoms with van der Waals surface area (Å²) in [5.41, 5.74) is 1.94. The fraction of sp³-hybridized carbons (Fsp3) is 0.125. The Balaban J connectivity index is 2.31. The van der Waals surface area contributed by atoms with E-state index in [1.807, 2.05) is 48.6 Å². The van der Waals surface area contributed by atoms with Crippen LogP contribution in [-0.4, -0.2) is 19.3 Å². The van der Waals surface area contributed by atoms with Crippen molar-refractivity contribution in [2.24, 2.45) is 0 Å². The second kappa shape index (κ2) is 5.96. The summed E-state index contributed by atoms with van der Waals surface area (Å²) in [6, 6.07) is 13.4. The van der Waals surface area contributed by atoms with E-state index in [1.54, 1.807) is 13.2 Å². The number of rotatable bonds is 4. The topological polar surface area (TPSA) is 38.7 Å². The van der Waals surface area contributed by atoms with E-state index in [1.165, 1.54) is 7.11 Å². The Labute approximate surface area is 112 Å². The average Bonchev–Trinajstić information content (AvgIpc) is 2.45. The fourth-order valence-corrected chi connectivity index (χ4v) is 1.82. The third kappa shape index (κ3) is 3.07. The van der Waals surface area contributed by atoms with Crippen LogP contribution in [-0.2, 0) is 0 Å². The first-order valence-corrected chi connectivity index (χ1v) is 5.92. The van der Waals surface area contributed by atoms with Crippen molar-refractivity contribution in [1.29, 1.82) is 0 Å². The highest BCUT2D eigenvalue weighted by molar-refractivity contribution is 5.72. The van der Waals surface area contributed by atoms with Crippen molar-refractivity contribution in [1.82, 2.24) is 0 Å². The Morgan fingerprint density at radius 3 is 2.21 bits per heavy atom. The van der Waals surface area contributed by atoms with Crippen molar-refractivity contribution < 1.29 is 14.6 Å². The Kier molecular flexibility index (Phi) is 4.08. The number of benzene rings is 2. The second-order valence-electron chi connectivity index (χ2n) is 4.02. The van der Waals surface area contributed by atoms with E-state index in [0.717, 1.165) is 11.1 Å². The first kappa shape index (κ1) is 13.0. The zero-order valence-corrected chi connectivity index (χ0v) is 11.0. The minimum Gasteiger partial charge on any atom is -0.504 e. The highest BCUT2D eigenvalue weighted by Gasteiger charge is 2.10. The molecule has 2 rings (SSSR count). The molecule has 0 saturated carbocycles. The predicted molar refractivity (Wildman–Crippen MR) is 76.6 cm³/mol. The molecule has 0 radical (unpaired) electrons. The van der Waals surface area contributed by atoms with Crippen LogP contribution in [0.1, 0.15) is 11.1 Å². The smallest absolute Gasteiger partial charge is 0.203 e. The second-order valence-corrected chi connectivity index (χ2v) is 4.02. The molecule has 0 atom stereocenters. The minimum absolute atomic E-state index is 0.0644. The zero-order chi connectivity index (χ0) is 13.7. The van der Waals surface area contributed by atoms with Crippen LogP contribution in [0.25, 0.3) is 12.2 Å². The monoisotopic (exact) mass is 256 g/mol. The molecule has 0 bridgehead atoms. The summed E-state index contributed by atoms with van der Waals surface area (Å²) < 4.78 is 10.3. The van der Waals surface area contributed by atoms with Gasteiger partial charge in [0.1, 0.15) is 0 Å². The maximum absolute atomic E-state index is 9.86. The van der Waals surface area contributed by atoms with E-state index < -0.39 is 0 Å². The van der Waals surface area contributed by atoms with Crippen molar-refractivity contribution >= 4 is 12.2 Å². The van der Waals surface area contributed by atoms with Crippen molar-refractivity contribution in [3.05, 3.63) is 53.6 Å². The molecule has 0 amide bonds. The molecule has 0 fully saturated rings. The van der Waals surface area contributed by atoms with Gasteiger partial charge in [0.25, 0.3) is 0 Å². The Hall–Kier alpha value is -2.42. The van der Waals surface area contributed by atoms with Gasteiger partial charge in [-0.1, -0.05) is 42.5 Å². The summed E-state index contributed by atoms with van der Waals surface area (Å²) in [6.07, 6.45) is 3.89. The Morgan fingerprint density at radius 1 is 0.895 bits per heavy atom. The SMILES string of the molecule is COc1cc(/C=C/c2ccccc2)cc(O)c1OC. The lowest BCUT2D eigenvalue weighted by Crippen LogP contribution is -1.91. The van der Waals surface area contributed by atoms with Crippen LogP contribution in [0.4, 0.5) is 0 Å². The third-order valence-electron chi connectivity index (χ3n) is 2.75. The van der Waals surface area contributed by atoms with Crippen LogP contribution in [0.15, 0.2) is 42.5 Å². The van der Waals surface area contributed by atoms with Crippen LogP contribution >= 0.6 is 0 Å². The van der Waals surface area contributed by atoms with Crippen molar-refractivity contribution in [2.45, 2.75) is 0 Å². The van der Waals surface area contributed by atoms with Crippen LogP contribution in [0.3, 0.4) is 0 Å². The van der Waals surface area contributed by atoms with E-state index >= 15 is 0 Å². The van der Waals surface area contributed by atoms with Crippen LogP contribution in [0, 0.1) is 0 Å². The normalized spacial score (nSPS) is 10.6. The standard InChI is InChI=1S/C16H16O3/c1-18-15-11-13(10-14(17)16(15)19-2)9-8-12-6-4-3-5-7-12/h3-11,17H,1-2H3/b9-8+. The third-order valence-corrected chi connectivity index (χ3v) is 2.75. The van der Waals surface area contributed by atoms with Crippen LogP contribution in [0.2, 0.25) is 0 Å². The van der Waals surface area contributed by atoms with Crippen molar-refractivity contribution in [3.8, 4) is 17.2 Å². The number of methoxy groups -OCH3 is 2. The number of phenolic OH excluding ortho intramolecular Hbond substituents is 1. The van der Waals surface area contributed by atoms with Crippen LogP contribution < -0.4 is 9.47 Å². The maximum Gasteiger partial charge on any atom is 0.203 e. The molecule has 0 unspecified atom stereocenters. The molecule has 0 aliphatic rings. The highest BCUT2D eigenvalue weighted by atomic mass is 16.5. The molecule has 0 aliphatic carbocycles. The molecule has 0 spiro atoms. The first-order chi connectivity index (χ1) is 9.24. The molecule has 0 saturated heterocycles. The molecule has 0 aromatic heterocycles. The number of ether oxygens (including phenoxy) is 2. The molecule has 0 aliphatic heterocycles. The van der Waals surface area contributed by atoms with Gasteiger partial charge in [-0.25, -0.2) is 0 Å². The summed E-state index contributed by atoms with van der Waals surface area (Å²) in [5, 5.41) is 9.86. The zero-order valence-electron chi connectivity index (χ0n) is 11.0. The molecule has 1 N–H and O–H groups in total. The summed E-state index contributed by atoms with van der Waals surface area (Å²) in [5.74, 6) is 0.920. The average molecular weight is 256 g/mol. The van der Waals surface area contributed by atoms with E-state index in [9.17, 15) is 5.11 Å². The van der Waals surface area contributed by atoms with Gasteiger partial charge in [-0.15, -0.1) is 0 Å². The molecule has 0 heterocycles. The number of phenols is 1. The van der Waals surface area contributed by atoms with Gasteiger partial charge < -0.3 is 14.6 Å². The van der Waals surface area contributed by atoms with Crippen molar-refractivity contribution in [3.63, 3.8) is 0 Å². The van der Waals surface area contributed by atoms with E-state index in [-0.39, 0.29) is 5.75 Å². The summed E-state index contributed by atoms with van der Waals surface area (Å²) in [4.78, 5) is 0. The quantitative estimate of drug-likeness (QED) is 0.850. The molecular weight excluding hydrogens is 240 g/mol. The molecule has 19 heavy (non-hydrogen) atoms. The summed E-state index contributed by atoms with van der Waals surface area (Å²) in [7, 11) is 3.04. The van der Waals surface area contributed by atoms with Gasteiger partial charge in [-0.3, -0.25) is 0 Å². The van der Waals surface area contributed by atoms with Gasteiger partial charge in [-0.05, 0) is 23.3 Å². The Bertz CT molecular complexity index is 574. The number of hydrogen-bond acceptors (Lipinski definition) is 3. The lowest BCUT2D eigenvalue weighted by Gasteiger charge is -2.10. The van der Waals surface area contributed by atoms with Gasteiger partial charge >= 0.3 is 0 Å². The van der Waals surface area contributed by atoms with Gasteiger partial charge in [0, 0.05) is 0 Å². The first-order valence-electron chi connectivity index (χ1n) is 5.92. The van der Waals surface area contributed by atoms with Gasteiger partial charge in [0.2, 0.25) is 5.75 Å². The molecule has 98 valence electrons. The molecule has 2 aromatic rings. The molecule has 3 heteroatoms. The predicted octanol–water partition coefficient (Wildman–Crippen LogP) is 3.58. The number of hydrogen-bond donors (Lipinski definition) is 1. The summed E-state index contributed by atoms with van der Waals surface area (Å²) >= 11 is 0. The summed E-state index contributed by atoms with van der Waals surface area (Å²) in [6.45, 7) is 0. The van der Waals surface area contributed by atoms with E-state index in [2.05, 4.69) is 0 Å². The lowest BCUT2D eigenvalue weighted by atomic mass is 10.1. The molecular formula is C16H16O3. The molecule has 3 nitrogen and oxygen atoms in total. The molecule has 2 aromatic carbocycles. The van der Waals surface area contributed by atoms with Gasteiger partial charge in [0.15, 0.2) is 11.5 Å². The fourth-order valence-electron chi connectivity index (χ4n) is 1.82. The maximum atomic E-state index is 9.86. The van der Waals surface area contributed by atoms with E-state index in [0.29, 0.717) is 11.5 Å². The van der Waals surface area contributed by atoms with Gasteiger partial charge in [-0.2, -0.15) is 0 Å². The van der Waals surface area contributed by atoms with Crippen molar-refractivity contribution in [2.75, 3.05) is 14.2 Å². The van der Waals surface area contributed by atoms with E-state index in [4.69, 9.17) is 9.47 Å².